The van der Waals surface area contributed by atoms with Crippen molar-refractivity contribution >= 4 is 17.3 Å². The van der Waals surface area contributed by atoms with Crippen molar-refractivity contribution in [3.8, 4) is 11.5 Å². The fourth-order valence-corrected chi connectivity index (χ4v) is 2.06. The van der Waals surface area contributed by atoms with Gasteiger partial charge in [0, 0.05) is 18.3 Å². The molecule has 0 atom stereocenters. The molecule has 6 heteroatoms. The molecule has 3 rings (SSSR count). The van der Waals surface area contributed by atoms with Gasteiger partial charge in [-0.15, -0.1) is 0 Å². The third-order valence-electron chi connectivity index (χ3n) is 3.02. The van der Waals surface area contributed by atoms with Crippen LogP contribution in [-0.2, 0) is 17.8 Å². The summed E-state index contributed by atoms with van der Waals surface area (Å²) in [5, 5.41) is 6.90. The van der Waals surface area contributed by atoms with Gasteiger partial charge < -0.3 is 15.8 Å². The van der Waals surface area contributed by atoms with Gasteiger partial charge in [-0.2, -0.15) is 5.10 Å². The van der Waals surface area contributed by atoms with E-state index >= 15 is 0 Å². The van der Waals surface area contributed by atoms with Gasteiger partial charge >= 0.3 is 0 Å². The van der Waals surface area contributed by atoms with Crippen LogP contribution >= 0.6 is 0 Å². The molecule has 1 aromatic heterocycles. The summed E-state index contributed by atoms with van der Waals surface area (Å²) < 4.78 is 7.46. The Labute approximate surface area is 110 Å². The number of ether oxygens (including phenoxy) is 1. The summed E-state index contributed by atoms with van der Waals surface area (Å²) in [7, 11) is 0. The predicted molar refractivity (Wildman–Crippen MR) is 71.2 cm³/mol. The van der Waals surface area contributed by atoms with Crippen LogP contribution in [0.25, 0.3) is 0 Å². The van der Waals surface area contributed by atoms with Crippen LogP contribution in [0.5, 0.6) is 11.5 Å². The molecule has 0 saturated carbocycles. The van der Waals surface area contributed by atoms with Crippen LogP contribution in [0.2, 0.25) is 0 Å². The average molecular weight is 258 g/mol. The largest absolute Gasteiger partial charge is 0.452 e. The van der Waals surface area contributed by atoms with E-state index in [9.17, 15) is 4.79 Å². The van der Waals surface area contributed by atoms with Gasteiger partial charge in [-0.25, -0.2) is 0 Å². The smallest absolute Gasteiger partial charge is 0.228 e. The van der Waals surface area contributed by atoms with Crippen molar-refractivity contribution < 1.29 is 9.53 Å². The van der Waals surface area contributed by atoms with Crippen molar-refractivity contribution in [2.45, 2.75) is 19.9 Å². The van der Waals surface area contributed by atoms with Gasteiger partial charge in [0.2, 0.25) is 5.91 Å². The first-order chi connectivity index (χ1) is 9.15. The predicted octanol–water partition coefficient (Wildman–Crippen LogP) is 1.77. The number of nitrogens with one attached hydrogen (secondary N) is 1. The summed E-state index contributed by atoms with van der Waals surface area (Å²) in [5.74, 6) is 1.12. The van der Waals surface area contributed by atoms with Crippen LogP contribution in [-0.4, -0.2) is 15.7 Å². The first-order valence-corrected chi connectivity index (χ1v) is 6.08. The lowest BCUT2D eigenvalue weighted by atomic mass is 10.1. The molecule has 0 saturated heterocycles. The van der Waals surface area contributed by atoms with Gasteiger partial charge in [-0.1, -0.05) is 0 Å². The topological polar surface area (TPSA) is 82.2 Å². The molecule has 0 radical (unpaired) electrons. The number of aryl methyl sites for hydroxylation is 1. The van der Waals surface area contributed by atoms with Crippen molar-refractivity contribution in [1.82, 2.24) is 9.78 Å². The summed E-state index contributed by atoms with van der Waals surface area (Å²) in [6.45, 7) is 2.77. The summed E-state index contributed by atoms with van der Waals surface area (Å²) in [6, 6.07) is 3.52. The number of hydrogen-bond acceptors (Lipinski definition) is 4. The lowest BCUT2D eigenvalue weighted by molar-refractivity contribution is -0.115. The van der Waals surface area contributed by atoms with E-state index in [0.717, 1.165) is 17.8 Å². The third kappa shape index (κ3) is 2.12. The molecule has 98 valence electrons. The van der Waals surface area contributed by atoms with E-state index in [4.69, 9.17) is 10.5 Å². The van der Waals surface area contributed by atoms with Gasteiger partial charge in [0.15, 0.2) is 11.5 Å². The van der Waals surface area contributed by atoms with Crippen molar-refractivity contribution in [2.75, 3.05) is 11.1 Å². The van der Waals surface area contributed by atoms with Gasteiger partial charge in [-0.3, -0.25) is 9.48 Å². The van der Waals surface area contributed by atoms with Gasteiger partial charge in [0.1, 0.15) is 0 Å². The normalized spacial score (nSPS) is 13.2. The van der Waals surface area contributed by atoms with Crippen molar-refractivity contribution in [2.24, 2.45) is 0 Å². The maximum absolute atomic E-state index is 11.3. The highest BCUT2D eigenvalue weighted by Crippen LogP contribution is 2.35. The maximum Gasteiger partial charge on any atom is 0.228 e. The Morgan fingerprint density at radius 1 is 1.53 bits per heavy atom. The molecule has 19 heavy (non-hydrogen) atoms. The monoisotopic (exact) mass is 258 g/mol. The summed E-state index contributed by atoms with van der Waals surface area (Å²) >= 11 is 0. The Kier molecular flexibility index (Phi) is 2.63. The number of nitrogens with two attached hydrogens (primary N) is 1. The number of nitrogens with zero attached hydrogens (tertiary/aromatic N) is 2. The molecular weight excluding hydrogens is 244 g/mol. The second kappa shape index (κ2) is 4.31. The molecule has 0 spiro atoms. The third-order valence-corrected chi connectivity index (χ3v) is 3.02. The van der Waals surface area contributed by atoms with E-state index in [-0.39, 0.29) is 5.91 Å². The van der Waals surface area contributed by atoms with Crippen LogP contribution < -0.4 is 15.8 Å². The molecule has 0 fully saturated rings. The molecule has 2 aromatic rings. The Morgan fingerprint density at radius 3 is 3.11 bits per heavy atom. The number of rotatable bonds is 3. The van der Waals surface area contributed by atoms with Crippen LogP contribution in [0.15, 0.2) is 24.5 Å². The van der Waals surface area contributed by atoms with E-state index in [0.29, 0.717) is 23.6 Å². The molecule has 0 bridgehead atoms. The molecule has 0 unspecified atom stereocenters. The molecular formula is C13H14N4O2. The highest BCUT2D eigenvalue weighted by molar-refractivity contribution is 6.00. The first-order valence-electron chi connectivity index (χ1n) is 6.08. The summed E-state index contributed by atoms with van der Waals surface area (Å²) in [4.78, 5) is 11.3. The van der Waals surface area contributed by atoms with E-state index < -0.39 is 0 Å². The fourth-order valence-electron chi connectivity index (χ4n) is 2.06. The van der Waals surface area contributed by atoms with E-state index in [1.807, 2.05) is 6.92 Å². The molecule has 1 aliphatic heterocycles. The van der Waals surface area contributed by atoms with Gasteiger partial charge in [-0.05, 0) is 18.6 Å². The Hall–Kier alpha value is -2.50. The van der Waals surface area contributed by atoms with Crippen LogP contribution in [0.4, 0.5) is 11.4 Å². The van der Waals surface area contributed by atoms with Gasteiger partial charge in [0.25, 0.3) is 0 Å². The lowest BCUT2D eigenvalue weighted by Gasteiger charge is -2.08. The summed E-state index contributed by atoms with van der Waals surface area (Å²) in [6.07, 6.45) is 3.80. The highest BCUT2D eigenvalue weighted by Gasteiger charge is 2.20. The maximum atomic E-state index is 11.3. The zero-order valence-corrected chi connectivity index (χ0v) is 10.5. The number of hydrogen-bond donors (Lipinski definition) is 2. The van der Waals surface area contributed by atoms with Gasteiger partial charge in [0.05, 0.1) is 24.5 Å². The summed E-state index contributed by atoms with van der Waals surface area (Å²) in [5.41, 5.74) is 8.11. The number of amides is 1. The molecule has 0 aliphatic carbocycles. The molecule has 2 heterocycles. The SMILES string of the molecule is CCn1cc(Oc2cc3c(cc2N)CC(=O)N3)cn1. The second-order valence-electron chi connectivity index (χ2n) is 4.41. The first kappa shape index (κ1) is 11.6. The number of carbonyl (C=O) groups is 1. The molecule has 1 amide bonds. The number of aromatic nitrogens is 2. The van der Waals surface area contributed by atoms with E-state index in [1.54, 1.807) is 29.2 Å². The van der Waals surface area contributed by atoms with Crippen molar-refractivity contribution in [1.29, 1.82) is 0 Å². The van der Waals surface area contributed by atoms with Crippen molar-refractivity contribution in [3.05, 3.63) is 30.1 Å². The molecule has 3 N–H and O–H groups in total. The minimum atomic E-state index is -0.0228. The Morgan fingerprint density at radius 2 is 2.37 bits per heavy atom. The van der Waals surface area contributed by atoms with Crippen LogP contribution in [0.1, 0.15) is 12.5 Å². The lowest BCUT2D eigenvalue weighted by Crippen LogP contribution is -2.03. The molecule has 6 nitrogen and oxygen atoms in total. The Bertz CT molecular complexity index is 648. The fraction of sp³-hybridized carbons (Fsp3) is 0.231. The van der Waals surface area contributed by atoms with E-state index in [2.05, 4.69) is 10.4 Å². The van der Waals surface area contributed by atoms with Crippen LogP contribution in [0, 0.1) is 0 Å². The van der Waals surface area contributed by atoms with Crippen molar-refractivity contribution in [3.63, 3.8) is 0 Å². The number of benzene rings is 1. The zero-order chi connectivity index (χ0) is 13.4. The van der Waals surface area contributed by atoms with E-state index in [1.165, 1.54) is 0 Å². The second-order valence-corrected chi connectivity index (χ2v) is 4.41. The quantitative estimate of drug-likeness (QED) is 0.822. The average Bonchev–Trinajstić information content (AvgIpc) is 2.95. The number of carbonyl (C=O) groups excluding carboxylic acids is 1. The molecule has 1 aliphatic rings. The minimum absolute atomic E-state index is 0.0228. The standard InChI is InChI=1S/C13H14N4O2/c1-2-17-7-9(6-15-17)19-12-5-11-8(3-10(12)14)4-13(18)16-11/h3,5-7H,2,4,14H2,1H3,(H,16,18). The number of anilines is 2. The highest BCUT2D eigenvalue weighted by atomic mass is 16.5. The number of fused-ring (bicyclic) bond motifs is 1. The minimum Gasteiger partial charge on any atom is -0.452 e. The van der Waals surface area contributed by atoms with Crippen LogP contribution in [0.3, 0.4) is 0 Å². The Balaban J connectivity index is 1.89. The molecule has 1 aromatic carbocycles. The zero-order valence-electron chi connectivity index (χ0n) is 10.5. The number of nitrogen functional groups attached to an aromatic ring is 1.